The number of nitrogens with zero attached hydrogens (tertiary/aromatic N) is 2. The molecule has 0 radical (unpaired) electrons. The third-order valence-electron chi connectivity index (χ3n) is 5.03. The summed E-state index contributed by atoms with van der Waals surface area (Å²) < 4.78 is 1.77. The average molecular weight is 428 g/mol. The van der Waals surface area contributed by atoms with Gasteiger partial charge < -0.3 is 5.32 Å². The molecule has 1 N–H and O–H groups in total. The number of hydrogen-bond donors (Lipinski definition) is 1. The van der Waals surface area contributed by atoms with Gasteiger partial charge in [-0.2, -0.15) is 0 Å². The number of benzene rings is 1. The average Bonchev–Trinajstić information content (AvgIpc) is 3.26. The number of thioether (sulfide) groups is 1. The maximum Gasteiger partial charge on any atom is 0.263 e. The molecule has 29 heavy (non-hydrogen) atoms. The van der Waals surface area contributed by atoms with Crippen LogP contribution in [0.4, 0.5) is 5.69 Å². The van der Waals surface area contributed by atoms with Gasteiger partial charge >= 0.3 is 0 Å². The van der Waals surface area contributed by atoms with E-state index >= 15 is 0 Å². The minimum absolute atomic E-state index is 0.0428. The van der Waals surface area contributed by atoms with Gasteiger partial charge in [0.15, 0.2) is 5.16 Å². The van der Waals surface area contributed by atoms with Crippen molar-refractivity contribution in [2.24, 2.45) is 5.92 Å². The Labute approximate surface area is 178 Å². The van der Waals surface area contributed by atoms with Gasteiger partial charge in [-0.25, -0.2) is 4.98 Å². The van der Waals surface area contributed by atoms with Crippen LogP contribution in [0.3, 0.4) is 0 Å². The maximum absolute atomic E-state index is 13.4. The number of aryl methyl sites for hydroxylation is 2. The van der Waals surface area contributed by atoms with Crippen LogP contribution in [0.15, 0.2) is 40.3 Å². The normalized spacial score (nSPS) is 14.3. The second-order valence-corrected chi connectivity index (χ2v) is 10.2. The lowest BCUT2D eigenvalue weighted by Crippen LogP contribution is -2.28. The van der Waals surface area contributed by atoms with Crippen LogP contribution >= 0.6 is 23.1 Å². The van der Waals surface area contributed by atoms with Gasteiger partial charge in [0.05, 0.1) is 10.6 Å². The number of nitrogens with one attached hydrogen (secondary N) is 1. The van der Waals surface area contributed by atoms with Gasteiger partial charge in [0.2, 0.25) is 5.91 Å². The number of fused-ring (bicyclic) bond motifs is 3. The molecule has 0 bridgehead atoms. The smallest absolute Gasteiger partial charge is 0.263 e. The molecule has 2 heterocycles. The number of thiophene rings is 1. The van der Waals surface area contributed by atoms with Crippen molar-refractivity contribution in [2.75, 3.05) is 5.32 Å². The van der Waals surface area contributed by atoms with Crippen LogP contribution in [-0.2, 0) is 24.2 Å². The van der Waals surface area contributed by atoms with Crippen LogP contribution in [0.2, 0.25) is 0 Å². The van der Waals surface area contributed by atoms with E-state index in [0.29, 0.717) is 17.6 Å². The summed E-state index contributed by atoms with van der Waals surface area (Å²) >= 11 is 3.00. The number of carbonyl (C=O) groups excluding carboxylic acids is 1. The first-order valence-electron chi connectivity index (χ1n) is 10.0. The standard InChI is InChI=1S/C22H25N3O2S2/c1-13(2)12-25-21(27)18-16-10-7-11-17(16)29-20(18)24-22(25)28-14(3)19(26)23-15-8-5-4-6-9-15/h4-6,8-9,13-14H,7,10-12H2,1-3H3,(H,23,26). The van der Waals surface area contributed by atoms with E-state index in [2.05, 4.69) is 19.2 Å². The molecule has 5 nitrogen and oxygen atoms in total. The van der Waals surface area contributed by atoms with E-state index in [9.17, 15) is 9.59 Å². The number of rotatable bonds is 6. The molecule has 0 fully saturated rings. The molecule has 1 amide bonds. The van der Waals surface area contributed by atoms with Crippen molar-refractivity contribution in [1.29, 1.82) is 0 Å². The van der Waals surface area contributed by atoms with E-state index in [1.807, 2.05) is 37.3 Å². The van der Waals surface area contributed by atoms with Crippen LogP contribution in [0.5, 0.6) is 0 Å². The fourth-order valence-electron chi connectivity index (χ4n) is 3.65. The molecule has 0 aliphatic heterocycles. The Hall–Kier alpha value is -2.12. The number of anilines is 1. The van der Waals surface area contributed by atoms with E-state index in [0.717, 1.165) is 35.2 Å². The number of amides is 1. The lowest BCUT2D eigenvalue weighted by Gasteiger charge is -2.17. The van der Waals surface area contributed by atoms with Gasteiger partial charge in [-0.05, 0) is 49.8 Å². The summed E-state index contributed by atoms with van der Waals surface area (Å²) in [7, 11) is 0. The number of para-hydroxylation sites is 1. The lowest BCUT2D eigenvalue weighted by atomic mass is 10.2. The summed E-state index contributed by atoms with van der Waals surface area (Å²) in [6.45, 7) is 6.64. The van der Waals surface area contributed by atoms with Crippen molar-refractivity contribution in [1.82, 2.24) is 9.55 Å². The predicted molar refractivity (Wildman–Crippen MR) is 121 cm³/mol. The van der Waals surface area contributed by atoms with Crippen molar-refractivity contribution in [3.05, 3.63) is 51.1 Å². The molecule has 2 aromatic heterocycles. The van der Waals surface area contributed by atoms with Gasteiger partial charge in [-0.15, -0.1) is 11.3 Å². The molecular formula is C22H25N3O2S2. The summed E-state index contributed by atoms with van der Waals surface area (Å²) in [6, 6.07) is 9.41. The third kappa shape index (κ3) is 4.12. The number of aromatic nitrogens is 2. The summed E-state index contributed by atoms with van der Waals surface area (Å²) in [6.07, 6.45) is 3.13. The second-order valence-electron chi connectivity index (χ2n) is 7.86. The fourth-order valence-corrected chi connectivity index (χ4v) is 5.87. The van der Waals surface area contributed by atoms with Gasteiger partial charge in [0.1, 0.15) is 4.83 Å². The molecule has 0 spiro atoms. The summed E-state index contributed by atoms with van der Waals surface area (Å²) in [4.78, 5) is 33.0. The molecule has 1 aliphatic carbocycles. The Balaban J connectivity index is 1.67. The fraction of sp³-hybridized carbons (Fsp3) is 0.409. The van der Waals surface area contributed by atoms with E-state index in [1.54, 1.807) is 15.9 Å². The van der Waals surface area contributed by atoms with Crippen molar-refractivity contribution in [3.8, 4) is 0 Å². The van der Waals surface area contributed by atoms with Crippen LogP contribution in [0, 0.1) is 5.92 Å². The third-order valence-corrected chi connectivity index (χ3v) is 7.31. The van der Waals surface area contributed by atoms with Crippen LogP contribution in [-0.4, -0.2) is 20.7 Å². The largest absolute Gasteiger partial charge is 0.325 e. The minimum Gasteiger partial charge on any atom is -0.325 e. The zero-order valence-electron chi connectivity index (χ0n) is 16.9. The van der Waals surface area contributed by atoms with Gasteiger partial charge in [-0.3, -0.25) is 14.2 Å². The molecule has 1 atom stereocenters. The highest BCUT2D eigenvalue weighted by Crippen LogP contribution is 2.36. The number of carbonyl (C=O) groups is 1. The zero-order valence-corrected chi connectivity index (χ0v) is 18.5. The molecule has 3 aromatic rings. The van der Waals surface area contributed by atoms with Crippen LogP contribution in [0.1, 0.15) is 37.6 Å². The summed E-state index contributed by atoms with van der Waals surface area (Å²) in [5.41, 5.74) is 2.01. The van der Waals surface area contributed by atoms with Crippen LogP contribution in [0.25, 0.3) is 10.2 Å². The van der Waals surface area contributed by atoms with E-state index < -0.39 is 0 Å². The highest BCUT2D eigenvalue weighted by atomic mass is 32.2. The van der Waals surface area contributed by atoms with E-state index in [4.69, 9.17) is 4.98 Å². The van der Waals surface area contributed by atoms with E-state index in [1.165, 1.54) is 22.2 Å². The van der Waals surface area contributed by atoms with Gasteiger partial charge in [0, 0.05) is 17.1 Å². The van der Waals surface area contributed by atoms with Gasteiger partial charge in [0.25, 0.3) is 5.56 Å². The molecule has 4 rings (SSSR count). The second kappa shape index (κ2) is 8.32. The Morgan fingerprint density at radius 2 is 2.00 bits per heavy atom. The quantitative estimate of drug-likeness (QED) is 0.457. The van der Waals surface area contributed by atoms with Crippen molar-refractivity contribution in [2.45, 2.75) is 57.0 Å². The highest BCUT2D eigenvalue weighted by molar-refractivity contribution is 8.00. The monoisotopic (exact) mass is 427 g/mol. The summed E-state index contributed by atoms with van der Waals surface area (Å²) in [5, 5.41) is 3.99. The molecule has 152 valence electrons. The molecule has 7 heteroatoms. The Kier molecular flexibility index (Phi) is 5.79. The first kappa shape index (κ1) is 20.2. The predicted octanol–water partition coefficient (Wildman–Crippen LogP) is 4.72. The zero-order chi connectivity index (χ0) is 20.5. The SMILES string of the molecule is CC(C)Cn1c(SC(C)C(=O)Nc2ccccc2)nc2sc3c(c2c1=O)CCC3. The molecule has 0 saturated heterocycles. The summed E-state index contributed by atoms with van der Waals surface area (Å²) in [5.74, 6) is 0.215. The van der Waals surface area contributed by atoms with Crippen molar-refractivity contribution >= 4 is 44.9 Å². The molecule has 1 aromatic carbocycles. The Bertz CT molecular complexity index is 1100. The number of hydrogen-bond acceptors (Lipinski definition) is 5. The first-order chi connectivity index (χ1) is 13.9. The van der Waals surface area contributed by atoms with Gasteiger partial charge in [-0.1, -0.05) is 43.8 Å². The Morgan fingerprint density at radius 3 is 2.72 bits per heavy atom. The van der Waals surface area contributed by atoms with Crippen molar-refractivity contribution < 1.29 is 4.79 Å². The van der Waals surface area contributed by atoms with Crippen LogP contribution < -0.4 is 10.9 Å². The lowest BCUT2D eigenvalue weighted by molar-refractivity contribution is -0.115. The molecular weight excluding hydrogens is 402 g/mol. The van der Waals surface area contributed by atoms with E-state index in [-0.39, 0.29) is 16.7 Å². The maximum atomic E-state index is 13.4. The van der Waals surface area contributed by atoms with Crippen molar-refractivity contribution in [3.63, 3.8) is 0 Å². The topological polar surface area (TPSA) is 64.0 Å². The highest BCUT2D eigenvalue weighted by Gasteiger charge is 2.25. The first-order valence-corrected chi connectivity index (χ1v) is 11.7. The molecule has 1 aliphatic rings. The molecule has 1 unspecified atom stereocenters. The minimum atomic E-state index is -0.371. The Morgan fingerprint density at radius 1 is 1.24 bits per heavy atom. The molecule has 0 saturated carbocycles.